The van der Waals surface area contributed by atoms with Crippen molar-refractivity contribution < 1.29 is 14.4 Å². The van der Waals surface area contributed by atoms with Gasteiger partial charge in [-0.1, -0.05) is 25.1 Å². The van der Waals surface area contributed by atoms with E-state index in [0.29, 0.717) is 48.9 Å². The van der Waals surface area contributed by atoms with E-state index in [-0.39, 0.29) is 17.8 Å². The highest BCUT2D eigenvalue weighted by atomic mass is 16.2. The third-order valence-electron chi connectivity index (χ3n) is 6.33. The number of rotatable bonds is 3. The summed E-state index contributed by atoms with van der Waals surface area (Å²) in [5, 5.41) is 2.90. The molecule has 0 saturated carbocycles. The molecule has 2 aliphatic rings. The molecule has 2 saturated heterocycles. The molecule has 7 nitrogen and oxygen atoms in total. The Hall–Kier alpha value is -3.35. The topological polar surface area (TPSA) is 73.0 Å². The molecule has 0 atom stereocenters. The van der Waals surface area contributed by atoms with E-state index < -0.39 is 0 Å². The summed E-state index contributed by atoms with van der Waals surface area (Å²) in [5.74, 6) is 0.720. The maximum absolute atomic E-state index is 12.7. The minimum atomic E-state index is -0.194. The van der Waals surface area contributed by atoms with Crippen LogP contribution in [0.1, 0.15) is 40.5 Å². The first kappa shape index (κ1) is 21.9. The molecule has 32 heavy (non-hydrogen) atoms. The Balaban J connectivity index is 1.27. The maximum atomic E-state index is 12.7. The average Bonchev–Trinajstić information content (AvgIpc) is 2.85. The molecule has 1 N–H and O–H groups in total. The molecule has 0 radical (unpaired) electrons. The van der Waals surface area contributed by atoms with Gasteiger partial charge in [0, 0.05) is 56.1 Å². The number of anilines is 1. The number of nitrogens with zero attached hydrogens (tertiary/aromatic N) is 3. The first-order valence-corrected chi connectivity index (χ1v) is 11.3. The molecule has 7 heteroatoms. The molecule has 0 aliphatic carbocycles. The largest absolute Gasteiger partial charge is 0.339 e. The molecular weight excluding hydrogens is 404 g/mol. The molecule has 4 amide bonds. The van der Waals surface area contributed by atoms with Gasteiger partial charge in [-0.3, -0.25) is 9.59 Å². The van der Waals surface area contributed by atoms with Gasteiger partial charge in [0.05, 0.1) is 0 Å². The first-order chi connectivity index (χ1) is 15.5. The number of piperazine rings is 1. The van der Waals surface area contributed by atoms with Gasteiger partial charge in [0.2, 0.25) is 0 Å². The molecule has 2 aliphatic heterocycles. The van der Waals surface area contributed by atoms with Gasteiger partial charge in [0.15, 0.2) is 0 Å². The summed E-state index contributed by atoms with van der Waals surface area (Å²) in [4.78, 5) is 43.3. The Morgan fingerprint density at radius 3 is 1.78 bits per heavy atom. The lowest BCUT2D eigenvalue weighted by atomic mass is 9.98. The highest BCUT2D eigenvalue weighted by Crippen LogP contribution is 2.19. The van der Waals surface area contributed by atoms with Crippen LogP contribution in [-0.4, -0.2) is 71.8 Å². The number of hydrogen-bond acceptors (Lipinski definition) is 3. The van der Waals surface area contributed by atoms with Gasteiger partial charge in [-0.15, -0.1) is 0 Å². The van der Waals surface area contributed by atoms with Crippen molar-refractivity contribution in [3.8, 4) is 0 Å². The quantitative estimate of drug-likeness (QED) is 0.803. The summed E-state index contributed by atoms with van der Waals surface area (Å²) in [6, 6.07) is 16.1. The molecule has 2 fully saturated rings. The number of carbonyl (C=O) groups is 3. The fourth-order valence-electron chi connectivity index (χ4n) is 4.17. The second-order valence-corrected chi connectivity index (χ2v) is 8.63. The molecule has 168 valence electrons. The number of amides is 4. The van der Waals surface area contributed by atoms with E-state index in [1.54, 1.807) is 34.1 Å². The molecule has 0 aromatic heterocycles. The van der Waals surface area contributed by atoms with Crippen molar-refractivity contribution in [3.05, 3.63) is 65.7 Å². The summed E-state index contributed by atoms with van der Waals surface area (Å²) >= 11 is 0. The summed E-state index contributed by atoms with van der Waals surface area (Å²) in [6.45, 7) is 5.80. The van der Waals surface area contributed by atoms with E-state index in [0.717, 1.165) is 25.9 Å². The average molecular weight is 435 g/mol. The lowest BCUT2D eigenvalue weighted by Crippen LogP contribution is -2.51. The van der Waals surface area contributed by atoms with Crippen LogP contribution in [0.15, 0.2) is 54.6 Å². The molecule has 0 spiro atoms. The van der Waals surface area contributed by atoms with Crippen LogP contribution < -0.4 is 5.32 Å². The van der Waals surface area contributed by atoms with Gasteiger partial charge in [0.1, 0.15) is 0 Å². The first-order valence-electron chi connectivity index (χ1n) is 11.3. The monoisotopic (exact) mass is 434 g/mol. The molecule has 0 unspecified atom stereocenters. The molecule has 2 heterocycles. The van der Waals surface area contributed by atoms with E-state index >= 15 is 0 Å². The predicted molar refractivity (Wildman–Crippen MR) is 124 cm³/mol. The lowest BCUT2D eigenvalue weighted by molar-refractivity contribution is 0.0670. The minimum Gasteiger partial charge on any atom is -0.339 e. The zero-order chi connectivity index (χ0) is 22.5. The van der Waals surface area contributed by atoms with Gasteiger partial charge < -0.3 is 20.0 Å². The van der Waals surface area contributed by atoms with Crippen LogP contribution in [0.5, 0.6) is 0 Å². The third-order valence-corrected chi connectivity index (χ3v) is 6.33. The lowest BCUT2D eigenvalue weighted by Gasteiger charge is -2.34. The summed E-state index contributed by atoms with van der Waals surface area (Å²) < 4.78 is 0. The zero-order valence-electron chi connectivity index (χ0n) is 18.5. The molecule has 2 aromatic carbocycles. The van der Waals surface area contributed by atoms with Gasteiger partial charge in [-0.2, -0.15) is 0 Å². The fraction of sp³-hybridized carbons (Fsp3) is 0.400. The second-order valence-electron chi connectivity index (χ2n) is 8.63. The second kappa shape index (κ2) is 9.85. The standard InChI is InChI=1S/C25H30N4O3/c1-19-11-13-27(14-12-19)24(31)21-7-9-22(10-8-21)26-25(32)29-17-15-28(16-18-29)23(30)20-5-3-2-4-6-20/h2-10,19H,11-18H2,1H3,(H,26,32). The zero-order valence-corrected chi connectivity index (χ0v) is 18.5. The van der Waals surface area contributed by atoms with Crippen molar-refractivity contribution in [1.29, 1.82) is 0 Å². The smallest absolute Gasteiger partial charge is 0.321 e. The van der Waals surface area contributed by atoms with Gasteiger partial charge in [-0.05, 0) is 55.2 Å². The minimum absolute atomic E-state index is 0.00548. The van der Waals surface area contributed by atoms with Crippen LogP contribution in [-0.2, 0) is 0 Å². The van der Waals surface area contributed by atoms with E-state index in [2.05, 4.69) is 12.2 Å². The van der Waals surface area contributed by atoms with Crippen LogP contribution in [0.4, 0.5) is 10.5 Å². The Morgan fingerprint density at radius 1 is 0.688 bits per heavy atom. The Bertz CT molecular complexity index is 945. The molecule has 4 rings (SSSR count). The predicted octanol–water partition coefficient (Wildman–Crippen LogP) is 3.55. The third kappa shape index (κ3) is 5.10. The number of urea groups is 1. The van der Waals surface area contributed by atoms with E-state index in [9.17, 15) is 14.4 Å². The van der Waals surface area contributed by atoms with Crippen molar-refractivity contribution in [2.24, 2.45) is 5.92 Å². The SMILES string of the molecule is CC1CCN(C(=O)c2ccc(NC(=O)N3CCN(C(=O)c4ccccc4)CC3)cc2)CC1. The summed E-state index contributed by atoms with van der Waals surface area (Å²) in [6.07, 6.45) is 2.09. The highest BCUT2D eigenvalue weighted by Gasteiger charge is 2.25. The van der Waals surface area contributed by atoms with Crippen molar-refractivity contribution in [3.63, 3.8) is 0 Å². The van der Waals surface area contributed by atoms with E-state index in [1.165, 1.54) is 0 Å². The van der Waals surface area contributed by atoms with Crippen LogP contribution >= 0.6 is 0 Å². The van der Waals surface area contributed by atoms with Gasteiger partial charge in [-0.25, -0.2) is 4.79 Å². The number of nitrogens with one attached hydrogen (secondary N) is 1. The molecule has 0 bridgehead atoms. The number of carbonyl (C=O) groups excluding carboxylic acids is 3. The van der Waals surface area contributed by atoms with E-state index in [4.69, 9.17) is 0 Å². The molecular formula is C25H30N4O3. The Morgan fingerprint density at radius 2 is 1.19 bits per heavy atom. The van der Waals surface area contributed by atoms with Crippen molar-refractivity contribution in [2.45, 2.75) is 19.8 Å². The molecule has 2 aromatic rings. The van der Waals surface area contributed by atoms with Gasteiger partial charge in [0.25, 0.3) is 11.8 Å². The van der Waals surface area contributed by atoms with Crippen LogP contribution in [0.25, 0.3) is 0 Å². The Kier molecular flexibility index (Phi) is 6.73. The number of likely N-dealkylation sites (tertiary alicyclic amines) is 1. The van der Waals surface area contributed by atoms with Crippen molar-refractivity contribution in [1.82, 2.24) is 14.7 Å². The van der Waals surface area contributed by atoms with Crippen LogP contribution in [0.3, 0.4) is 0 Å². The normalized spacial score (nSPS) is 17.2. The van der Waals surface area contributed by atoms with Crippen LogP contribution in [0, 0.1) is 5.92 Å². The number of benzene rings is 2. The summed E-state index contributed by atoms with van der Waals surface area (Å²) in [7, 11) is 0. The number of piperidine rings is 1. The van der Waals surface area contributed by atoms with Gasteiger partial charge >= 0.3 is 6.03 Å². The number of hydrogen-bond donors (Lipinski definition) is 1. The van der Waals surface area contributed by atoms with E-state index in [1.807, 2.05) is 35.2 Å². The van der Waals surface area contributed by atoms with Crippen molar-refractivity contribution in [2.75, 3.05) is 44.6 Å². The van der Waals surface area contributed by atoms with Crippen molar-refractivity contribution >= 4 is 23.5 Å². The van der Waals surface area contributed by atoms with Crippen LogP contribution in [0.2, 0.25) is 0 Å². The Labute approximate surface area is 189 Å². The maximum Gasteiger partial charge on any atom is 0.321 e. The highest BCUT2D eigenvalue weighted by molar-refractivity contribution is 5.96. The summed E-state index contributed by atoms with van der Waals surface area (Å²) in [5.41, 5.74) is 1.96. The fourth-order valence-corrected chi connectivity index (χ4v) is 4.17.